The first kappa shape index (κ1) is 8.96. The van der Waals surface area contributed by atoms with Crippen LogP contribution in [0.3, 0.4) is 0 Å². The Morgan fingerprint density at radius 3 is 2.91 bits per heavy atom. The summed E-state index contributed by atoms with van der Waals surface area (Å²) in [6, 6.07) is 11.1. The molecular weight excluding hydrogens is 211 g/mol. The van der Waals surface area contributed by atoms with Crippen LogP contribution in [0, 0.1) is 6.07 Å². The summed E-state index contributed by atoms with van der Waals surface area (Å²) in [4.78, 5) is 0. The van der Waals surface area contributed by atoms with Crippen molar-refractivity contribution in [1.29, 1.82) is 0 Å². The molecule has 0 aliphatic heterocycles. The van der Waals surface area contributed by atoms with Crippen molar-refractivity contribution in [2.75, 3.05) is 0 Å². The molecule has 1 nitrogen and oxygen atoms in total. The molecule has 2 rings (SSSR count). The molecule has 0 N–H and O–H groups in total. The van der Waals surface area contributed by atoms with Crippen LogP contribution in [0.5, 0.6) is 0 Å². The van der Waals surface area contributed by atoms with Gasteiger partial charge in [-0.2, -0.15) is 18.2 Å². The maximum atomic E-state index is 3.04. The van der Waals surface area contributed by atoms with Crippen LogP contribution in [0.15, 0.2) is 30.5 Å². The van der Waals surface area contributed by atoms with Crippen molar-refractivity contribution in [1.82, 2.24) is 4.57 Å². The number of fused-ring (bicyclic) bond motifs is 1. The predicted octanol–water partition coefficient (Wildman–Crippen LogP) is 1.98. The Balaban J connectivity index is 0.000000605. The number of aryl methyl sites for hydroxylation is 1. The minimum Gasteiger partial charge on any atom is -0.374 e. The second-order valence-electron chi connectivity index (χ2n) is 2.41. The molecule has 1 aromatic carbocycles. The fourth-order valence-corrected chi connectivity index (χ4v) is 1.16. The first-order valence-corrected chi connectivity index (χ1v) is 3.29. The Labute approximate surface area is 91.3 Å². The summed E-state index contributed by atoms with van der Waals surface area (Å²) in [5, 5.41) is 1.25. The van der Waals surface area contributed by atoms with E-state index in [1.165, 1.54) is 10.9 Å². The Kier molecular flexibility index (Phi) is 2.86. The fraction of sp³-hybridized carbons (Fsp3) is 0.111. The van der Waals surface area contributed by atoms with Crippen LogP contribution in [0.25, 0.3) is 10.9 Å². The van der Waals surface area contributed by atoms with Crippen LogP contribution in [0.1, 0.15) is 0 Å². The van der Waals surface area contributed by atoms with Crippen molar-refractivity contribution in [2.24, 2.45) is 7.05 Å². The van der Waals surface area contributed by atoms with Crippen LogP contribution in [-0.2, 0) is 39.8 Å². The zero-order valence-electron chi connectivity index (χ0n) is 6.41. The van der Waals surface area contributed by atoms with E-state index in [-0.39, 0.29) is 32.7 Å². The van der Waals surface area contributed by atoms with Gasteiger partial charge >= 0.3 is 0 Å². The second-order valence-corrected chi connectivity index (χ2v) is 2.41. The average Bonchev–Trinajstić information content (AvgIpc) is 2.34. The Hall–Kier alpha value is -0.136. The molecule has 0 aliphatic carbocycles. The first-order valence-electron chi connectivity index (χ1n) is 3.29. The van der Waals surface area contributed by atoms with E-state index in [1.807, 2.05) is 19.2 Å². The van der Waals surface area contributed by atoms with Crippen LogP contribution >= 0.6 is 0 Å². The summed E-state index contributed by atoms with van der Waals surface area (Å²) < 4.78 is 2.10. The molecule has 2 aromatic rings. The van der Waals surface area contributed by atoms with Gasteiger partial charge in [-0.1, -0.05) is 11.6 Å². The van der Waals surface area contributed by atoms with Crippen LogP contribution in [0.2, 0.25) is 0 Å². The number of hydrogen-bond donors (Lipinski definition) is 0. The fourth-order valence-electron chi connectivity index (χ4n) is 1.16. The zero-order valence-corrected chi connectivity index (χ0v) is 9.25. The van der Waals surface area contributed by atoms with Gasteiger partial charge in [0, 0.05) is 39.8 Å². The topological polar surface area (TPSA) is 4.93 Å². The third-order valence-corrected chi connectivity index (χ3v) is 1.73. The van der Waals surface area contributed by atoms with Crippen LogP contribution < -0.4 is 0 Å². The first-order chi connectivity index (χ1) is 4.88. The van der Waals surface area contributed by atoms with Crippen LogP contribution in [-0.4, -0.2) is 4.57 Å². The van der Waals surface area contributed by atoms with E-state index in [4.69, 9.17) is 0 Å². The molecule has 0 spiro atoms. The number of aromatic nitrogens is 1. The van der Waals surface area contributed by atoms with Gasteiger partial charge in [-0.05, 0) is 6.20 Å². The Bertz CT molecular complexity index is 351. The molecule has 0 aliphatic rings. The quantitative estimate of drug-likeness (QED) is 0.597. The molecule has 53 valence electrons. The summed E-state index contributed by atoms with van der Waals surface area (Å²) in [6.07, 6.45) is 2.05. The molecule has 0 bridgehead atoms. The third kappa shape index (κ3) is 1.55. The maximum Gasteiger partial charge on any atom is 0.00892 e. The van der Waals surface area contributed by atoms with E-state index in [0.717, 1.165) is 0 Å². The number of benzene rings is 1. The molecule has 1 heterocycles. The van der Waals surface area contributed by atoms with Crippen molar-refractivity contribution in [3.63, 3.8) is 0 Å². The van der Waals surface area contributed by atoms with E-state index >= 15 is 0 Å². The summed E-state index contributed by atoms with van der Waals surface area (Å²) in [5.74, 6) is 0. The van der Waals surface area contributed by atoms with Gasteiger partial charge in [0.25, 0.3) is 0 Å². The molecule has 11 heavy (non-hydrogen) atoms. The van der Waals surface area contributed by atoms with Crippen molar-refractivity contribution in [3.05, 3.63) is 36.5 Å². The van der Waals surface area contributed by atoms with E-state index in [9.17, 15) is 0 Å². The van der Waals surface area contributed by atoms with Crippen molar-refractivity contribution >= 4 is 10.9 Å². The molecule has 1 aromatic heterocycles. The smallest absolute Gasteiger partial charge is 0.00892 e. The Morgan fingerprint density at radius 2 is 2.18 bits per heavy atom. The van der Waals surface area contributed by atoms with Gasteiger partial charge in [-0.25, -0.2) is 0 Å². The molecule has 0 amide bonds. The minimum atomic E-state index is 0. The summed E-state index contributed by atoms with van der Waals surface area (Å²) in [5.41, 5.74) is 1.26. The molecule has 1 radical (unpaired) electrons. The minimum absolute atomic E-state index is 0. The maximum absolute atomic E-state index is 3.04. The SMILES string of the molecule is Cn1ccc2c[c-]ccc21.[Y]. The predicted molar refractivity (Wildman–Crippen MR) is 41.8 cm³/mol. The van der Waals surface area contributed by atoms with Crippen LogP contribution in [0.4, 0.5) is 0 Å². The second kappa shape index (κ2) is 3.51. The van der Waals surface area contributed by atoms with Gasteiger partial charge < -0.3 is 4.57 Å². The molecule has 0 atom stereocenters. The molecule has 0 saturated heterocycles. The van der Waals surface area contributed by atoms with E-state index in [1.54, 1.807) is 0 Å². The van der Waals surface area contributed by atoms with E-state index in [2.05, 4.69) is 29.0 Å². The van der Waals surface area contributed by atoms with E-state index < -0.39 is 0 Å². The third-order valence-electron chi connectivity index (χ3n) is 1.73. The Morgan fingerprint density at radius 1 is 1.36 bits per heavy atom. The van der Waals surface area contributed by atoms with Crippen molar-refractivity contribution in [2.45, 2.75) is 0 Å². The summed E-state index contributed by atoms with van der Waals surface area (Å²) >= 11 is 0. The molecular formula is C9H8NY-. The van der Waals surface area contributed by atoms with Crippen molar-refractivity contribution < 1.29 is 32.7 Å². The average molecular weight is 219 g/mol. The van der Waals surface area contributed by atoms with Gasteiger partial charge in [0.15, 0.2) is 0 Å². The monoisotopic (exact) mass is 219 g/mol. The molecule has 0 unspecified atom stereocenters. The molecule has 0 saturated carbocycles. The standard InChI is InChI=1S/C9H8N.Y/c1-10-7-6-8-4-2-3-5-9(8)10;/h3-7H,1H3;/q-1;. The number of hydrogen-bond acceptors (Lipinski definition) is 0. The zero-order chi connectivity index (χ0) is 6.97. The van der Waals surface area contributed by atoms with Crippen molar-refractivity contribution in [3.8, 4) is 0 Å². The van der Waals surface area contributed by atoms with Gasteiger partial charge in [-0.15, -0.1) is 11.5 Å². The van der Waals surface area contributed by atoms with Gasteiger partial charge in [-0.3, -0.25) is 0 Å². The normalized spacial score (nSPS) is 9.55. The van der Waals surface area contributed by atoms with Gasteiger partial charge in [0.2, 0.25) is 0 Å². The van der Waals surface area contributed by atoms with E-state index in [0.29, 0.717) is 0 Å². The van der Waals surface area contributed by atoms with Gasteiger partial charge in [0.1, 0.15) is 0 Å². The number of nitrogens with zero attached hydrogens (tertiary/aromatic N) is 1. The summed E-state index contributed by atoms with van der Waals surface area (Å²) in [7, 11) is 2.04. The largest absolute Gasteiger partial charge is 0.374 e. The van der Waals surface area contributed by atoms with Gasteiger partial charge in [0.05, 0.1) is 0 Å². The molecule has 0 fully saturated rings. The summed E-state index contributed by atoms with van der Waals surface area (Å²) in [6.45, 7) is 0. The molecule has 2 heteroatoms. The number of rotatable bonds is 0.